The largest absolute Gasteiger partial charge is 0.296 e. The highest BCUT2D eigenvalue weighted by Crippen LogP contribution is 2.26. The van der Waals surface area contributed by atoms with Crippen molar-refractivity contribution in [2.24, 2.45) is 0 Å². The fourth-order valence-electron chi connectivity index (χ4n) is 1.25. The van der Waals surface area contributed by atoms with Crippen molar-refractivity contribution < 1.29 is 4.79 Å². The number of thioether (sulfide) groups is 1. The second-order valence-corrected chi connectivity index (χ2v) is 7.45. The predicted octanol–water partition coefficient (Wildman–Crippen LogP) is 4.16. The molecule has 0 aliphatic heterocycles. The molecule has 2 rings (SSSR count). The van der Waals surface area contributed by atoms with Crippen LogP contribution in [0.15, 0.2) is 22.5 Å². The van der Waals surface area contributed by atoms with Crippen LogP contribution < -0.4 is 5.32 Å². The van der Waals surface area contributed by atoms with Gasteiger partial charge in [-0.25, -0.2) is 0 Å². The molecule has 0 unspecified atom stereocenters. The third kappa shape index (κ3) is 4.04. The Morgan fingerprint density at radius 3 is 3.00 bits per heavy atom. The van der Waals surface area contributed by atoms with Gasteiger partial charge in [0.2, 0.25) is 5.13 Å². The molecule has 1 amide bonds. The fraction of sp³-hybridized carbons (Fsp3) is 0.182. The summed E-state index contributed by atoms with van der Waals surface area (Å²) in [4.78, 5) is 12.0. The summed E-state index contributed by atoms with van der Waals surface area (Å²) in [5.41, 5.74) is 0.550. The van der Waals surface area contributed by atoms with Gasteiger partial charge >= 0.3 is 0 Å². The van der Waals surface area contributed by atoms with Gasteiger partial charge in [-0.2, -0.15) is 0 Å². The van der Waals surface area contributed by atoms with Crippen molar-refractivity contribution in [1.29, 1.82) is 0 Å². The summed E-state index contributed by atoms with van der Waals surface area (Å²) in [5.74, 6) is 0.719. The van der Waals surface area contributed by atoms with Gasteiger partial charge in [0.15, 0.2) is 4.34 Å². The average Bonchev–Trinajstić information content (AvgIpc) is 2.80. The van der Waals surface area contributed by atoms with Gasteiger partial charge in [0.25, 0.3) is 5.91 Å². The van der Waals surface area contributed by atoms with E-state index < -0.39 is 0 Å². The minimum absolute atomic E-state index is 0.209. The molecule has 0 spiro atoms. The Morgan fingerprint density at radius 1 is 1.53 bits per heavy atom. The standard InChI is InChI=1S/C11H9ClIN3OS2/c1-2-18-11-16-15-10(19-11)14-9(17)6-3-4-7(12)8(13)5-6/h3-5H,2H2,1H3,(H,14,15,17). The monoisotopic (exact) mass is 425 g/mol. The van der Waals surface area contributed by atoms with E-state index in [1.54, 1.807) is 30.0 Å². The van der Waals surface area contributed by atoms with Gasteiger partial charge in [0.05, 0.1) is 5.02 Å². The normalized spacial score (nSPS) is 10.5. The molecule has 0 aliphatic rings. The van der Waals surface area contributed by atoms with Crippen molar-refractivity contribution in [2.45, 2.75) is 11.3 Å². The second kappa shape index (κ2) is 6.87. The summed E-state index contributed by atoms with van der Waals surface area (Å²) >= 11 is 11.0. The zero-order valence-corrected chi connectivity index (χ0v) is 14.4. The number of carbonyl (C=O) groups excluding carboxylic acids is 1. The zero-order valence-electron chi connectivity index (χ0n) is 9.81. The van der Waals surface area contributed by atoms with Crippen LogP contribution in [0.25, 0.3) is 0 Å². The van der Waals surface area contributed by atoms with Crippen LogP contribution in [-0.4, -0.2) is 21.9 Å². The number of amides is 1. The lowest BCUT2D eigenvalue weighted by molar-refractivity contribution is 0.102. The van der Waals surface area contributed by atoms with Gasteiger partial charge in [0, 0.05) is 9.13 Å². The molecule has 1 N–H and O–H groups in total. The van der Waals surface area contributed by atoms with E-state index >= 15 is 0 Å². The van der Waals surface area contributed by atoms with Crippen molar-refractivity contribution in [1.82, 2.24) is 10.2 Å². The van der Waals surface area contributed by atoms with Crippen molar-refractivity contribution in [3.8, 4) is 0 Å². The maximum Gasteiger partial charge on any atom is 0.257 e. The quantitative estimate of drug-likeness (QED) is 0.454. The number of carbonyl (C=O) groups is 1. The van der Waals surface area contributed by atoms with E-state index in [2.05, 4.69) is 38.1 Å². The first-order chi connectivity index (χ1) is 9.10. The van der Waals surface area contributed by atoms with Gasteiger partial charge in [-0.15, -0.1) is 10.2 Å². The summed E-state index contributed by atoms with van der Waals surface area (Å²) in [6.07, 6.45) is 0. The lowest BCUT2D eigenvalue weighted by Crippen LogP contribution is -2.11. The van der Waals surface area contributed by atoms with Gasteiger partial charge in [0.1, 0.15) is 0 Å². The van der Waals surface area contributed by atoms with Crippen LogP contribution >= 0.6 is 57.3 Å². The molecule has 0 aliphatic carbocycles. The molecule has 19 heavy (non-hydrogen) atoms. The van der Waals surface area contributed by atoms with Gasteiger partial charge in [-0.3, -0.25) is 10.1 Å². The minimum Gasteiger partial charge on any atom is -0.296 e. The number of hydrogen-bond acceptors (Lipinski definition) is 5. The van der Waals surface area contributed by atoms with Crippen LogP contribution in [0.4, 0.5) is 5.13 Å². The third-order valence-electron chi connectivity index (χ3n) is 2.08. The number of aromatic nitrogens is 2. The molecule has 2 aromatic rings. The summed E-state index contributed by atoms with van der Waals surface area (Å²) < 4.78 is 1.69. The molecule has 1 aromatic carbocycles. The molecule has 4 nitrogen and oxygen atoms in total. The molecule has 0 bridgehead atoms. The van der Waals surface area contributed by atoms with Crippen molar-refractivity contribution in [3.63, 3.8) is 0 Å². The Hall–Kier alpha value is -0.380. The number of hydrogen-bond donors (Lipinski definition) is 1. The number of rotatable bonds is 4. The van der Waals surface area contributed by atoms with E-state index in [9.17, 15) is 4.79 Å². The van der Waals surface area contributed by atoms with E-state index in [0.717, 1.165) is 13.7 Å². The van der Waals surface area contributed by atoms with Gasteiger partial charge in [-0.05, 0) is 46.5 Å². The molecule has 1 heterocycles. The Bertz CT molecular complexity index is 605. The summed E-state index contributed by atoms with van der Waals surface area (Å²) in [7, 11) is 0. The lowest BCUT2D eigenvalue weighted by atomic mass is 10.2. The number of halogens is 2. The zero-order chi connectivity index (χ0) is 13.8. The number of anilines is 1. The van der Waals surface area contributed by atoms with Crippen LogP contribution in [0.3, 0.4) is 0 Å². The molecule has 8 heteroatoms. The van der Waals surface area contributed by atoms with Crippen LogP contribution in [0.5, 0.6) is 0 Å². The highest BCUT2D eigenvalue weighted by atomic mass is 127. The van der Waals surface area contributed by atoms with Crippen molar-refractivity contribution >= 4 is 68.3 Å². The number of benzene rings is 1. The maximum absolute atomic E-state index is 12.0. The molecule has 0 fully saturated rings. The van der Waals surface area contributed by atoms with E-state index in [0.29, 0.717) is 15.7 Å². The SMILES string of the molecule is CCSc1nnc(NC(=O)c2ccc(Cl)c(I)c2)s1. The van der Waals surface area contributed by atoms with Crippen LogP contribution in [0.2, 0.25) is 5.02 Å². The third-order valence-corrected chi connectivity index (χ3v) is 5.47. The summed E-state index contributed by atoms with van der Waals surface area (Å²) in [6.45, 7) is 2.04. The van der Waals surface area contributed by atoms with E-state index in [-0.39, 0.29) is 5.91 Å². The minimum atomic E-state index is -0.209. The highest BCUT2D eigenvalue weighted by molar-refractivity contribution is 14.1. The second-order valence-electron chi connectivity index (χ2n) is 3.39. The topological polar surface area (TPSA) is 54.9 Å². The smallest absolute Gasteiger partial charge is 0.257 e. The Morgan fingerprint density at radius 2 is 2.32 bits per heavy atom. The summed E-state index contributed by atoms with van der Waals surface area (Å²) in [5, 5.41) is 11.8. The molecular weight excluding hydrogens is 417 g/mol. The first-order valence-corrected chi connectivity index (χ1v) is 8.58. The molecular formula is C11H9ClIN3OS2. The first kappa shape index (κ1) is 15.0. The predicted molar refractivity (Wildman–Crippen MR) is 88.4 cm³/mol. The van der Waals surface area contributed by atoms with Crippen LogP contribution in [0, 0.1) is 3.57 Å². The number of nitrogens with zero attached hydrogens (tertiary/aromatic N) is 2. The molecule has 0 saturated heterocycles. The molecule has 0 radical (unpaired) electrons. The Labute approximate surface area is 137 Å². The van der Waals surface area contributed by atoms with Crippen LogP contribution in [-0.2, 0) is 0 Å². The molecule has 1 aromatic heterocycles. The molecule has 100 valence electrons. The van der Waals surface area contributed by atoms with Crippen molar-refractivity contribution in [2.75, 3.05) is 11.1 Å². The fourth-order valence-corrected chi connectivity index (χ4v) is 3.53. The molecule has 0 atom stereocenters. The van der Waals surface area contributed by atoms with Gasteiger partial charge < -0.3 is 0 Å². The van der Waals surface area contributed by atoms with E-state index in [1.807, 2.05) is 6.92 Å². The average molecular weight is 426 g/mol. The lowest BCUT2D eigenvalue weighted by Gasteiger charge is -2.02. The highest BCUT2D eigenvalue weighted by Gasteiger charge is 2.11. The first-order valence-electron chi connectivity index (χ1n) is 5.33. The maximum atomic E-state index is 12.0. The number of nitrogens with one attached hydrogen (secondary N) is 1. The van der Waals surface area contributed by atoms with Crippen LogP contribution in [0.1, 0.15) is 17.3 Å². The van der Waals surface area contributed by atoms with Gasteiger partial charge in [-0.1, -0.05) is 41.6 Å². The van der Waals surface area contributed by atoms with E-state index in [4.69, 9.17) is 11.6 Å². The van der Waals surface area contributed by atoms with Crippen molar-refractivity contribution in [3.05, 3.63) is 32.4 Å². The Balaban J connectivity index is 2.09. The molecule has 0 saturated carbocycles. The summed E-state index contributed by atoms with van der Waals surface area (Å²) in [6, 6.07) is 5.13. The Kier molecular flexibility index (Phi) is 5.43. The van der Waals surface area contributed by atoms with E-state index in [1.165, 1.54) is 11.3 Å².